The molecule has 1 aromatic carbocycles. The van der Waals surface area contributed by atoms with Crippen LogP contribution in [-0.2, 0) is 12.8 Å². The zero-order valence-electron chi connectivity index (χ0n) is 11.2. The summed E-state index contributed by atoms with van der Waals surface area (Å²) in [7, 11) is 0. The van der Waals surface area contributed by atoms with Gasteiger partial charge in [0.1, 0.15) is 0 Å². The highest BCUT2D eigenvalue weighted by Gasteiger charge is 2.20. The topological polar surface area (TPSA) is 92.4 Å². The second-order valence-corrected chi connectivity index (χ2v) is 6.11. The van der Waals surface area contributed by atoms with Crippen molar-refractivity contribution >= 4 is 34.6 Å². The fourth-order valence-corrected chi connectivity index (χ4v) is 3.62. The van der Waals surface area contributed by atoms with Gasteiger partial charge in [-0.05, 0) is 49.1 Å². The minimum absolute atomic E-state index is 0.00699. The molecule has 108 valence electrons. The zero-order valence-corrected chi connectivity index (χ0v) is 12.0. The lowest BCUT2D eigenvalue weighted by Gasteiger charge is -2.08. The number of hydrogen-bond acceptors (Lipinski definition) is 4. The molecule has 1 aromatic heterocycles. The zero-order chi connectivity index (χ0) is 15.0. The Morgan fingerprint density at radius 2 is 2.05 bits per heavy atom. The number of hydrogen-bond donors (Lipinski definition) is 3. The third-order valence-electron chi connectivity index (χ3n) is 3.49. The van der Waals surface area contributed by atoms with E-state index in [-0.39, 0.29) is 17.2 Å². The maximum absolute atomic E-state index is 12.3. The molecular weight excluding hydrogens is 288 g/mol. The summed E-state index contributed by atoms with van der Waals surface area (Å²) in [5.41, 5.74) is 7.42. The lowest BCUT2D eigenvalue weighted by atomic mass is 10.1. The van der Waals surface area contributed by atoms with Crippen LogP contribution in [0.2, 0.25) is 0 Å². The van der Waals surface area contributed by atoms with E-state index in [1.165, 1.54) is 33.9 Å². The Morgan fingerprint density at radius 1 is 1.24 bits per heavy atom. The van der Waals surface area contributed by atoms with Crippen molar-refractivity contribution in [3.8, 4) is 0 Å². The highest BCUT2D eigenvalue weighted by Crippen LogP contribution is 2.31. The van der Waals surface area contributed by atoms with E-state index < -0.39 is 5.97 Å². The Labute approximate surface area is 125 Å². The maximum atomic E-state index is 12.3. The average Bonchev–Trinajstić information content (AvgIpc) is 3.01. The van der Waals surface area contributed by atoms with Gasteiger partial charge < -0.3 is 16.2 Å². The molecule has 0 atom stereocenters. The number of anilines is 2. The molecule has 0 bridgehead atoms. The number of carboxylic acids is 1. The molecule has 0 saturated carbocycles. The van der Waals surface area contributed by atoms with E-state index in [9.17, 15) is 9.59 Å². The Balaban J connectivity index is 1.86. The molecule has 0 spiro atoms. The van der Waals surface area contributed by atoms with Crippen LogP contribution in [0.3, 0.4) is 0 Å². The van der Waals surface area contributed by atoms with E-state index in [4.69, 9.17) is 10.8 Å². The third kappa shape index (κ3) is 2.62. The number of fused-ring (bicyclic) bond motifs is 1. The van der Waals surface area contributed by atoms with Gasteiger partial charge in [0.2, 0.25) is 0 Å². The molecular formula is C15H14N2O3S. The summed E-state index contributed by atoms with van der Waals surface area (Å²) < 4.78 is 0. The van der Waals surface area contributed by atoms with Crippen LogP contribution in [-0.4, -0.2) is 17.0 Å². The number of carboxylic acid groups (broad SMARTS) is 1. The van der Waals surface area contributed by atoms with E-state index in [1.807, 2.05) is 6.07 Å². The summed E-state index contributed by atoms with van der Waals surface area (Å²) in [5, 5.41) is 11.8. The molecule has 21 heavy (non-hydrogen) atoms. The van der Waals surface area contributed by atoms with Crippen molar-refractivity contribution in [1.82, 2.24) is 0 Å². The summed E-state index contributed by atoms with van der Waals surface area (Å²) in [6.45, 7) is 0. The Morgan fingerprint density at radius 3 is 2.76 bits per heavy atom. The second-order valence-electron chi connectivity index (χ2n) is 4.98. The average molecular weight is 302 g/mol. The van der Waals surface area contributed by atoms with Gasteiger partial charge in [0.05, 0.1) is 16.1 Å². The Hall–Kier alpha value is -2.34. The summed E-state index contributed by atoms with van der Waals surface area (Å²) in [5.74, 6) is -1.40. The number of nitrogens with two attached hydrogens (primary N) is 1. The molecule has 0 fully saturated rings. The van der Waals surface area contributed by atoms with Crippen molar-refractivity contribution in [3.63, 3.8) is 0 Å². The van der Waals surface area contributed by atoms with Crippen LogP contribution < -0.4 is 11.1 Å². The van der Waals surface area contributed by atoms with Crippen LogP contribution in [0, 0.1) is 0 Å². The molecule has 1 aliphatic carbocycles. The number of nitrogens with one attached hydrogen (secondary N) is 1. The number of nitrogen functional groups attached to an aromatic ring is 1. The van der Waals surface area contributed by atoms with Gasteiger partial charge in [-0.3, -0.25) is 4.79 Å². The van der Waals surface area contributed by atoms with Gasteiger partial charge in [-0.25, -0.2) is 4.79 Å². The lowest BCUT2D eigenvalue weighted by molar-refractivity contribution is 0.0698. The second kappa shape index (κ2) is 5.21. The minimum atomic E-state index is -1.12. The monoisotopic (exact) mass is 302 g/mol. The molecule has 6 heteroatoms. The number of thiophene rings is 1. The van der Waals surface area contributed by atoms with E-state index in [2.05, 4.69) is 5.32 Å². The highest BCUT2D eigenvalue weighted by atomic mass is 32.1. The minimum Gasteiger partial charge on any atom is -0.478 e. The van der Waals surface area contributed by atoms with Crippen molar-refractivity contribution in [3.05, 3.63) is 45.1 Å². The van der Waals surface area contributed by atoms with Crippen LogP contribution in [0.25, 0.3) is 0 Å². The standard InChI is InChI=1S/C15H14N2O3S/c16-9-4-5-11(10(7-9)15(19)20)17-14(18)13-6-8-2-1-3-12(8)21-13/h4-7H,1-3,16H2,(H,17,18)(H,19,20). The first kappa shape index (κ1) is 13.6. The molecule has 4 N–H and O–H groups in total. The van der Waals surface area contributed by atoms with Crippen LogP contribution >= 0.6 is 11.3 Å². The summed E-state index contributed by atoms with van der Waals surface area (Å²) in [6.07, 6.45) is 3.18. The molecule has 0 radical (unpaired) electrons. The van der Waals surface area contributed by atoms with E-state index in [0.29, 0.717) is 10.6 Å². The predicted molar refractivity (Wildman–Crippen MR) is 82.1 cm³/mol. The highest BCUT2D eigenvalue weighted by molar-refractivity contribution is 7.14. The van der Waals surface area contributed by atoms with Crippen molar-refractivity contribution in [2.75, 3.05) is 11.1 Å². The molecule has 1 aliphatic rings. The van der Waals surface area contributed by atoms with Crippen LogP contribution in [0.1, 0.15) is 36.9 Å². The molecule has 1 amide bonds. The van der Waals surface area contributed by atoms with Gasteiger partial charge in [-0.1, -0.05) is 0 Å². The molecule has 2 aromatic rings. The first-order chi connectivity index (χ1) is 10.0. The number of carbonyl (C=O) groups is 2. The molecule has 0 aliphatic heterocycles. The summed E-state index contributed by atoms with van der Waals surface area (Å²) >= 11 is 1.48. The molecule has 0 unspecified atom stereocenters. The van der Waals surface area contributed by atoms with Gasteiger partial charge in [-0.15, -0.1) is 11.3 Å². The fourth-order valence-electron chi connectivity index (χ4n) is 2.47. The van der Waals surface area contributed by atoms with Crippen molar-refractivity contribution in [1.29, 1.82) is 0 Å². The van der Waals surface area contributed by atoms with Crippen LogP contribution in [0.15, 0.2) is 24.3 Å². The summed E-state index contributed by atoms with van der Waals surface area (Å²) in [4.78, 5) is 25.3. The first-order valence-electron chi connectivity index (χ1n) is 6.60. The van der Waals surface area contributed by atoms with E-state index >= 15 is 0 Å². The SMILES string of the molecule is Nc1ccc(NC(=O)c2cc3c(s2)CCC3)c(C(=O)O)c1. The summed E-state index contributed by atoms with van der Waals surface area (Å²) in [6, 6.07) is 6.32. The van der Waals surface area contributed by atoms with Gasteiger partial charge in [0.15, 0.2) is 0 Å². The number of rotatable bonds is 3. The number of amides is 1. The normalized spacial score (nSPS) is 13.0. The Bertz CT molecular complexity index is 715. The third-order valence-corrected chi connectivity index (χ3v) is 4.73. The van der Waals surface area contributed by atoms with Gasteiger partial charge in [-0.2, -0.15) is 0 Å². The molecule has 5 nitrogen and oxygen atoms in total. The lowest BCUT2D eigenvalue weighted by Crippen LogP contribution is -2.14. The van der Waals surface area contributed by atoms with Crippen LogP contribution in [0.5, 0.6) is 0 Å². The number of aromatic carboxylic acids is 1. The van der Waals surface area contributed by atoms with Gasteiger partial charge in [0, 0.05) is 10.6 Å². The van der Waals surface area contributed by atoms with Crippen molar-refractivity contribution in [2.45, 2.75) is 19.3 Å². The molecule has 3 rings (SSSR count). The maximum Gasteiger partial charge on any atom is 0.337 e. The largest absolute Gasteiger partial charge is 0.478 e. The van der Waals surface area contributed by atoms with Crippen molar-refractivity contribution in [2.24, 2.45) is 0 Å². The smallest absolute Gasteiger partial charge is 0.337 e. The fraction of sp³-hybridized carbons (Fsp3) is 0.200. The molecule has 1 heterocycles. The predicted octanol–water partition coefficient (Wildman–Crippen LogP) is 2.77. The number of benzene rings is 1. The van der Waals surface area contributed by atoms with Gasteiger partial charge in [0.25, 0.3) is 5.91 Å². The van der Waals surface area contributed by atoms with Crippen molar-refractivity contribution < 1.29 is 14.7 Å². The molecule has 0 saturated heterocycles. The number of aryl methyl sites for hydroxylation is 2. The first-order valence-corrected chi connectivity index (χ1v) is 7.42. The Kier molecular flexibility index (Phi) is 3.39. The number of carbonyl (C=O) groups excluding carboxylic acids is 1. The quantitative estimate of drug-likeness (QED) is 0.760. The van der Waals surface area contributed by atoms with Gasteiger partial charge >= 0.3 is 5.97 Å². The van der Waals surface area contributed by atoms with E-state index in [0.717, 1.165) is 19.3 Å². The van der Waals surface area contributed by atoms with Crippen LogP contribution in [0.4, 0.5) is 11.4 Å². The van der Waals surface area contributed by atoms with E-state index in [1.54, 1.807) is 6.07 Å².